The van der Waals surface area contributed by atoms with E-state index < -0.39 is 0 Å². The number of carbonyl (C=O) groups is 1. The lowest BCUT2D eigenvalue weighted by Gasteiger charge is -2.12. The van der Waals surface area contributed by atoms with Crippen LogP contribution in [-0.2, 0) is 16.0 Å². The van der Waals surface area contributed by atoms with Gasteiger partial charge in [0.15, 0.2) is 0 Å². The Kier molecular flexibility index (Phi) is 4.21. The van der Waals surface area contributed by atoms with Gasteiger partial charge >= 0.3 is 0 Å². The molecule has 20 heavy (non-hydrogen) atoms. The van der Waals surface area contributed by atoms with E-state index in [9.17, 15) is 4.79 Å². The predicted molar refractivity (Wildman–Crippen MR) is 78.7 cm³/mol. The minimum absolute atomic E-state index is 0.0865. The van der Waals surface area contributed by atoms with Crippen LogP contribution in [0.25, 0.3) is 0 Å². The zero-order valence-electron chi connectivity index (χ0n) is 11.7. The highest BCUT2D eigenvalue weighted by atomic mass is 16.5. The first-order valence-corrected chi connectivity index (χ1v) is 7.53. The lowest BCUT2D eigenvalue weighted by Crippen LogP contribution is -2.39. The molecule has 1 amide bonds. The summed E-state index contributed by atoms with van der Waals surface area (Å²) in [7, 11) is 0. The summed E-state index contributed by atoms with van der Waals surface area (Å²) in [4.78, 5) is 12.1. The normalized spacial score (nSPS) is 20.3. The standard InChI is InChI=1S/C16H22N2O2/c19-16(17-8-3-9-20-11-12-6-7-12)15-10-13-4-1-2-5-14(13)18-15/h1-2,4-5,12,15,18H,3,6-11H2,(H,17,19)/t15-/m0/s1. The van der Waals surface area contributed by atoms with Gasteiger partial charge in [-0.15, -0.1) is 0 Å². The van der Waals surface area contributed by atoms with E-state index in [1.807, 2.05) is 18.2 Å². The van der Waals surface area contributed by atoms with Crippen molar-refractivity contribution >= 4 is 11.6 Å². The predicted octanol–water partition coefficient (Wildman–Crippen LogP) is 1.96. The van der Waals surface area contributed by atoms with Gasteiger partial charge in [0.2, 0.25) is 5.91 Å². The number of hydrogen-bond donors (Lipinski definition) is 2. The van der Waals surface area contributed by atoms with Crippen LogP contribution in [0.3, 0.4) is 0 Å². The van der Waals surface area contributed by atoms with E-state index in [2.05, 4.69) is 16.7 Å². The molecule has 0 saturated heterocycles. The largest absolute Gasteiger partial charge is 0.381 e. The third-order valence-electron chi connectivity index (χ3n) is 3.90. The molecule has 3 rings (SSSR count). The molecule has 0 unspecified atom stereocenters. The summed E-state index contributed by atoms with van der Waals surface area (Å²) in [6.45, 7) is 2.33. The molecule has 4 nitrogen and oxygen atoms in total. The molecule has 0 radical (unpaired) electrons. The molecular weight excluding hydrogens is 252 g/mol. The Labute approximate surface area is 119 Å². The Morgan fingerprint density at radius 1 is 1.35 bits per heavy atom. The van der Waals surface area contributed by atoms with Gasteiger partial charge in [0.1, 0.15) is 6.04 Å². The Morgan fingerprint density at radius 3 is 3.00 bits per heavy atom. The Bertz CT molecular complexity index is 446. The third-order valence-corrected chi connectivity index (χ3v) is 3.90. The number of hydrogen-bond acceptors (Lipinski definition) is 3. The first-order valence-electron chi connectivity index (χ1n) is 7.53. The number of carbonyl (C=O) groups excluding carboxylic acids is 1. The minimum Gasteiger partial charge on any atom is -0.381 e. The quantitative estimate of drug-likeness (QED) is 0.747. The second-order valence-electron chi connectivity index (χ2n) is 5.72. The lowest BCUT2D eigenvalue weighted by molar-refractivity contribution is -0.121. The van der Waals surface area contributed by atoms with Crippen LogP contribution in [0.2, 0.25) is 0 Å². The van der Waals surface area contributed by atoms with Crippen molar-refractivity contribution in [1.29, 1.82) is 0 Å². The van der Waals surface area contributed by atoms with Crippen molar-refractivity contribution in [3.05, 3.63) is 29.8 Å². The molecule has 1 atom stereocenters. The van der Waals surface area contributed by atoms with Crippen molar-refractivity contribution in [2.24, 2.45) is 5.92 Å². The van der Waals surface area contributed by atoms with Gasteiger partial charge in [-0.1, -0.05) is 18.2 Å². The van der Waals surface area contributed by atoms with E-state index >= 15 is 0 Å². The molecule has 1 aliphatic carbocycles. The van der Waals surface area contributed by atoms with Crippen LogP contribution in [0.15, 0.2) is 24.3 Å². The van der Waals surface area contributed by atoms with Crippen molar-refractivity contribution < 1.29 is 9.53 Å². The van der Waals surface area contributed by atoms with Crippen LogP contribution in [0, 0.1) is 5.92 Å². The molecule has 0 bridgehead atoms. The summed E-state index contributed by atoms with van der Waals surface area (Å²) in [5.41, 5.74) is 2.31. The number of nitrogens with one attached hydrogen (secondary N) is 2. The minimum atomic E-state index is -0.125. The molecule has 2 aliphatic rings. The fraction of sp³-hybridized carbons (Fsp3) is 0.562. The van der Waals surface area contributed by atoms with Gasteiger partial charge in [-0.3, -0.25) is 4.79 Å². The maximum absolute atomic E-state index is 12.1. The summed E-state index contributed by atoms with van der Waals surface area (Å²) in [5, 5.41) is 6.25. The highest BCUT2D eigenvalue weighted by Crippen LogP contribution is 2.28. The van der Waals surface area contributed by atoms with E-state index in [0.29, 0.717) is 6.54 Å². The number of anilines is 1. The zero-order valence-corrected chi connectivity index (χ0v) is 11.7. The molecule has 0 aromatic heterocycles. The van der Waals surface area contributed by atoms with Crippen molar-refractivity contribution in [2.75, 3.05) is 25.1 Å². The van der Waals surface area contributed by atoms with Crippen LogP contribution in [0.4, 0.5) is 5.69 Å². The maximum Gasteiger partial charge on any atom is 0.242 e. The first kappa shape index (κ1) is 13.4. The Hall–Kier alpha value is -1.55. The van der Waals surface area contributed by atoms with Gasteiger partial charge in [0.05, 0.1) is 0 Å². The number of benzene rings is 1. The van der Waals surface area contributed by atoms with Crippen molar-refractivity contribution in [3.8, 4) is 0 Å². The summed E-state index contributed by atoms with van der Waals surface area (Å²) < 4.78 is 5.55. The number of fused-ring (bicyclic) bond motifs is 1. The van der Waals surface area contributed by atoms with Gasteiger partial charge in [0, 0.05) is 31.9 Å². The number of para-hydroxylation sites is 1. The fourth-order valence-electron chi connectivity index (χ4n) is 2.50. The van der Waals surface area contributed by atoms with E-state index in [1.54, 1.807) is 0 Å². The molecule has 1 aromatic carbocycles. The summed E-state index contributed by atoms with van der Waals surface area (Å²) in [6.07, 6.45) is 4.31. The van der Waals surface area contributed by atoms with Gasteiger partial charge in [-0.05, 0) is 36.8 Å². The summed E-state index contributed by atoms with van der Waals surface area (Å²) >= 11 is 0. The van der Waals surface area contributed by atoms with E-state index in [1.165, 1.54) is 18.4 Å². The van der Waals surface area contributed by atoms with Crippen molar-refractivity contribution in [1.82, 2.24) is 5.32 Å². The number of ether oxygens (including phenoxy) is 1. The molecule has 0 spiro atoms. The summed E-state index contributed by atoms with van der Waals surface area (Å²) in [5.74, 6) is 0.897. The van der Waals surface area contributed by atoms with Crippen molar-refractivity contribution in [2.45, 2.75) is 31.7 Å². The number of rotatable bonds is 7. The monoisotopic (exact) mass is 274 g/mol. The molecule has 1 fully saturated rings. The fourth-order valence-corrected chi connectivity index (χ4v) is 2.50. The van der Waals surface area contributed by atoms with Crippen LogP contribution in [0.1, 0.15) is 24.8 Å². The second kappa shape index (κ2) is 6.27. The van der Waals surface area contributed by atoms with Gasteiger partial charge in [0.25, 0.3) is 0 Å². The molecule has 2 N–H and O–H groups in total. The molecule has 1 aromatic rings. The maximum atomic E-state index is 12.1. The third kappa shape index (κ3) is 3.51. The molecule has 1 saturated carbocycles. The zero-order chi connectivity index (χ0) is 13.8. The SMILES string of the molecule is O=C(NCCCOCC1CC1)[C@@H]1Cc2ccccc2N1. The second-order valence-corrected chi connectivity index (χ2v) is 5.72. The topological polar surface area (TPSA) is 50.4 Å². The van der Waals surface area contributed by atoms with Crippen molar-refractivity contribution in [3.63, 3.8) is 0 Å². The van der Waals surface area contributed by atoms with E-state index in [-0.39, 0.29) is 11.9 Å². The van der Waals surface area contributed by atoms with Gasteiger partial charge < -0.3 is 15.4 Å². The first-order chi connectivity index (χ1) is 9.83. The van der Waals surface area contributed by atoms with Gasteiger partial charge in [-0.2, -0.15) is 0 Å². The lowest BCUT2D eigenvalue weighted by atomic mass is 10.1. The molecule has 1 heterocycles. The molecule has 1 aliphatic heterocycles. The van der Waals surface area contributed by atoms with Gasteiger partial charge in [-0.25, -0.2) is 0 Å². The molecular formula is C16H22N2O2. The van der Waals surface area contributed by atoms with Crippen LogP contribution in [-0.4, -0.2) is 31.7 Å². The van der Waals surface area contributed by atoms with E-state index in [4.69, 9.17) is 4.74 Å². The Morgan fingerprint density at radius 2 is 2.20 bits per heavy atom. The van der Waals surface area contributed by atoms with Crippen LogP contribution < -0.4 is 10.6 Å². The average molecular weight is 274 g/mol. The summed E-state index contributed by atoms with van der Waals surface area (Å²) in [6, 6.07) is 7.97. The smallest absolute Gasteiger partial charge is 0.242 e. The highest BCUT2D eigenvalue weighted by molar-refractivity contribution is 5.87. The average Bonchev–Trinajstić information content (AvgIpc) is 3.18. The van der Waals surface area contributed by atoms with Crippen LogP contribution >= 0.6 is 0 Å². The Balaban J connectivity index is 1.31. The van der Waals surface area contributed by atoms with Crippen LogP contribution in [0.5, 0.6) is 0 Å². The molecule has 108 valence electrons. The number of amides is 1. The van der Waals surface area contributed by atoms with E-state index in [0.717, 1.165) is 37.7 Å². The molecule has 4 heteroatoms. The highest BCUT2D eigenvalue weighted by Gasteiger charge is 2.25.